The fourth-order valence-corrected chi connectivity index (χ4v) is 4.29. The van der Waals surface area contributed by atoms with E-state index in [-0.39, 0.29) is 17.7 Å². The summed E-state index contributed by atoms with van der Waals surface area (Å²) in [6.45, 7) is 4.64. The van der Waals surface area contributed by atoms with Crippen molar-refractivity contribution in [2.45, 2.75) is 26.2 Å². The molecule has 148 valence electrons. The maximum absolute atomic E-state index is 12.6. The average Bonchev–Trinajstić information content (AvgIpc) is 3.30. The smallest absolute Gasteiger partial charge is 0.257 e. The van der Waals surface area contributed by atoms with Crippen LogP contribution in [0.1, 0.15) is 38.8 Å². The molecule has 1 fully saturated rings. The second kappa shape index (κ2) is 7.93. The van der Waals surface area contributed by atoms with Crippen LogP contribution in [0, 0.1) is 13.8 Å². The molecular weight excluding hydrogens is 408 g/mol. The van der Waals surface area contributed by atoms with Crippen LogP contribution >= 0.6 is 22.9 Å². The van der Waals surface area contributed by atoms with Crippen LogP contribution in [0.5, 0.6) is 0 Å². The SMILES string of the molecule is Cc1ccc(N2C[C@H](c3nnc(NC(=O)c4cccc(Cl)c4)s3)CC2=O)cc1C. The van der Waals surface area contributed by atoms with Crippen molar-refractivity contribution in [1.82, 2.24) is 10.2 Å². The quantitative estimate of drug-likeness (QED) is 0.662. The Kier molecular flexibility index (Phi) is 5.34. The van der Waals surface area contributed by atoms with Gasteiger partial charge in [-0.05, 0) is 55.3 Å². The van der Waals surface area contributed by atoms with Gasteiger partial charge in [0.2, 0.25) is 11.0 Å². The van der Waals surface area contributed by atoms with Gasteiger partial charge in [0.1, 0.15) is 5.01 Å². The predicted octanol–water partition coefficient (Wildman–Crippen LogP) is 4.58. The molecule has 0 saturated carbocycles. The zero-order chi connectivity index (χ0) is 20.5. The van der Waals surface area contributed by atoms with Gasteiger partial charge in [0.15, 0.2) is 0 Å². The Balaban J connectivity index is 1.46. The molecule has 29 heavy (non-hydrogen) atoms. The molecular formula is C21H19ClN4O2S. The summed E-state index contributed by atoms with van der Waals surface area (Å²) in [5.41, 5.74) is 3.70. The van der Waals surface area contributed by atoms with Crippen molar-refractivity contribution < 1.29 is 9.59 Å². The number of halogens is 1. The number of amides is 2. The van der Waals surface area contributed by atoms with E-state index in [1.54, 1.807) is 29.2 Å². The Morgan fingerprint density at radius 3 is 2.76 bits per heavy atom. The number of aromatic nitrogens is 2. The molecule has 2 heterocycles. The first-order valence-corrected chi connectivity index (χ1v) is 10.4. The third-order valence-electron chi connectivity index (χ3n) is 5.02. The summed E-state index contributed by atoms with van der Waals surface area (Å²) < 4.78 is 0. The largest absolute Gasteiger partial charge is 0.312 e. The van der Waals surface area contributed by atoms with Gasteiger partial charge in [-0.25, -0.2) is 0 Å². The number of hydrogen-bond acceptors (Lipinski definition) is 5. The number of rotatable bonds is 4. The Morgan fingerprint density at radius 1 is 1.17 bits per heavy atom. The van der Waals surface area contributed by atoms with Crippen molar-refractivity contribution in [3.05, 3.63) is 69.2 Å². The van der Waals surface area contributed by atoms with Gasteiger partial charge in [-0.15, -0.1) is 10.2 Å². The Morgan fingerprint density at radius 2 is 2.00 bits per heavy atom. The summed E-state index contributed by atoms with van der Waals surface area (Å²) in [5.74, 6) is -0.272. The number of nitrogens with zero attached hydrogens (tertiary/aromatic N) is 3. The van der Waals surface area contributed by atoms with Crippen LogP contribution in [0.3, 0.4) is 0 Å². The molecule has 2 aromatic carbocycles. The standard InChI is InChI=1S/C21H19ClN4O2S/c1-12-6-7-17(8-13(12)2)26-11-15(10-18(26)27)20-24-25-21(29-20)23-19(28)14-4-3-5-16(22)9-14/h3-9,15H,10-11H2,1-2H3,(H,23,25,28)/t15-/m1/s1. The van der Waals surface area contributed by atoms with E-state index in [0.717, 1.165) is 16.3 Å². The molecule has 0 spiro atoms. The minimum atomic E-state index is -0.297. The third kappa shape index (κ3) is 4.16. The van der Waals surface area contributed by atoms with Gasteiger partial charge in [0.25, 0.3) is 5.91 Å². The molecule has 3 aromatic rings. The van der Waals surface area contributed by atoms with Gasteiger partial charge >= 0.3 is 0 Å². The normalized spacial score (nSPS) is 16.3. The van der Waals surface area contributed by atoms with Crippen LogP contribution in [-0.2, 0) is 4.79 Å². The highest BCUT2D eigenvalue weighted by Crippen LogP contribution is 2.34. The molecule has 4 rings (SSSR count). The van der Waals surface area contributed by atoms with Crippen LogP contribution in [0.4, 0.5) is 10.8 Å². The van der Waals surface area contributed by atoms with Crippen LogP contribution in [0.2, 0.25) is 5.02 Å². The van der Waals surface area contributed by atoms with Crippen molar-refractivity contribution >= 4 is 45.6 Å². The van der Waals surface area contributed by atoms with Crippen LogP contribution in [0.25, 0.3) is 0 Å². The molecule has 1 aromatic heterocycles. The lowest BCUT2D eigenvalue weighted by Gasteiger charge is -2.17. The van der Waals surface area contributed by atoms with Gasteiger partial charge in [-0.3, -0.25) is 14.9 Å². The van der Waals surface area contributed by atoms with E-state index < -0.39 is 0 Å². The van der Waals surface area contributed by atoms with E-state index in [4.69, 9.17) is 11.6 Å². The van der Waals surface area contributed by atoms with E-state index in [1.807, 2.05) is 32.0 Å². The summed E-state index contributed by atoms with van der Waals surface area (Å²) >= 11 is 7.23. The minimum Gasteiger partial charge on any atom is -0.312 e. The molecule has 6 nitrogen and oxygen atoms in total. The second-order valence-corrected chi connectivity index (χ2v) is 8.53. The number of hydrogen-bond donors (Lipinski definition) is 1. The van der Waals surface area contributed by atoms with Gasteiger partial charge < -0.3 is 4.90 Å². The fourth-order valence-electron chi connectivity index (χ4n) is 3.27. The Labute approximate surface area is 177 Å². The van der Waals surface area contributed by atoms with Crippen LogP contribution < -0.4 is 10.2 Å². The van der Waals surface area contributed by atoms with Gasteiger partial charge in [0.05, 0.1) is 0 Å². The van der Waals surface area contributed by atoms with Gasteiger partial charge in [0, 0.05) is 35.2 Å². The number of carbonyl (C=O) groups excluding carboxylic acids is 2. The molecule has 0 aliphatic carbocycles. The van der Waals surface area contributed by atoms with E-state index >= 15 is 0 Å². The number of carbonyl (C=O) groups is 2. The van der Waals surface area contributed by atoms with E-state index in [9.17, 15) is 9.59 Å². The summed E-state index contributed by atoms with van der Waals surface area (Å²) in [4.78, 5) is 26.7. The van der Waals surface area contributed by atoms with Crippen LogP contribution in [0.15, 0.2) is 42.5 Å². The monoisotopic (exact) mass is 426 g/mol. The Hall–Kier alpha value is -2.77. The molecule has 0 unspecified atom stereocenters. The topological polar surface area (TPSA) is 75.2 Å². The highest BCUT2D eigenvalue weighted by Gasteiger charge is 2.34. The fraction of sp³-hybridized carbons (Fsp3) is 0.238. The van der Waals surface area contributed by atoms with E-state index in [2.05, 4.69) is 15.5 Å². The maximum Gasteiger partial charge on any atom is 0.257 e. The summed E-state index contributed by atoms with van der Waals surface area (Å²) in [6, 6.07) is 12.7. The van der Waals surface area contributed by atoms with Gasteiger partial charge in [-0.2, -0.15) is 0 Å². The maximum atomic E-state index is 12.6. The third-order valence-corrected chi connectivity index (χ3v) is 6.26. The lowest BCUT2D eigenvalue weighted by Crippen LogP contribution is -2.24. The number of nitrogens with one attached hydrogen (secondary N) is 1. The zero-order valence-corrected chi connectivity index (χ0v) is 17.5. The number of aryl methyl sites for hydroxylation is 2. The average molecular weight is 427 g/mol. The molecule has 1 N–H and O–H groups in total. The molecule has 1 saturated heterocycles. The van der Waals surface area contributed by atoms with Crippen molar-refractivity contribution in [3.8, 4) is 0 Å². The predicted molar refractivity (Wildman–Crippen MR) is 115 cm³/mol. The highest BCUT2D eigenvalue weighted by molar-refractivity contribution is 7.15. The van der Waals surface area contributed by atoms with Crippen molar-refractivity contribution in [3.63, 3.8) is 0 Å². The summed E-state index contributed by atoms with van der Waals surface area (Å²) in [5, 5.41) is 12.7. The number of benzene rings is 2. The zero-order valence-electron chi connectivity index (χ0n) is 16.0. The lowest BCUT2D eigenvalue weighted by atomic mass is 10.1. The molecule has 1 aliphatic heterocycles. The lowest BCUT2D eigenvalue weighted by molar-refractivity contribution is -0.117. The first-order chi connectivity index (χ1) is 13.9. The Bertz CT molecular complexity index is 1100. The van der Waals surface area contributed by atoms with Crippen molar-refractivity contribution in [2.75, 3.05) is 16.8 Å². The number of anilines is 2. The molecule has 0 radical (unpaired) electrons. The van der Waals surface area contributed by atoms with E-state index in [1.165, 1.54) is 16.9 Å². The highest BCUT2D eigenvalue weighted by atomic mass is 35.5. The second-order valence-electron chi connectivity index (χ2n) is 7.08. The molecule has 1 atom stereocenters. The summed E-state index contributed by atoms with van der Waals surface area (Å²) in [7, 11) is 0. The van der Waals surface area contributed by atoms with Crippen molar-refractivity contribution in [2.24, 2.45) is 0 Å². The van der Waals surface area contributed by atoms with Crippen LogP contribution in [-0.4, -0.2) is 28.6 Å². The van der Waals surface area contributed by atoms with E-state index in [0.29, 0.717) is 28.7 Å². The van der Waals surface area contributed by atoms with Crippen molar-refractivity contribution in [1.29, 1.82) is 0 Å². The first-order valence-electron chi connectivity index (χ1n) is 9.18. The summed E-state index contributed by atoms with van der Waals surface area (Å²) in [6.07, 6.45) is 0.379. The molecule has 1 aliphatic rings. The first kappa shape index (κ1) is 19.5. The molecule has 2 amide bonds. The minimum absolute atomic E-state index is 0.0431. The molecule has 8 heteroatoms. The van der Waals surface area contributed by atoms with Gasteiger partial charge in [-0.1, -0.05) is 35.1 Å². The molecule has 0 bridgehead atoms.